The molecule has 10 heteroatoms. The van der Waals surface area contributed by atoms with Gasteiger partial charge in [-0.1, -0.05) is 71.9 Å². The monoisotopic (exact) mass is 621 g/mol. The average molecular weight is 622 g/mol. The Hall–Kier alpha value is -4.99. The fraction of sp³-hybridized carbons (Fsp3) is 0.361. The Bertz CT molecular complexity index is 1830. The number of rotatable bonds is 12. The molecule has 3 aromatic heterocycles. The normalized spacial score (nSPS) is 11.5. The van der Waals surface area contributed by atoms with Crippen LogP contribution in [0.25, 0.3) is 22.2 Å². The number of anilines is 2. The summed E-state index contributed by atoms with van der Waals surface area (Å²) in [6.07, 6.45) is 5.62. The van der Waals surface area contributed by atoms with E-state index in [-0.39, 0.29) is 29.0 Å². The molecule has 0 aliphatic rings. The first-order valence-electron chi connectivity index (χ1n) is 15.9. The Kier molecular flexibility index (Phi) is 10.1. The summed E-state index contributed by atoms with van der Waals surface area (Å²) >= 11 is 0. The molecule has 0 saturated heterocycles. The van der Waals surface area contributed by atoms with Gasteiger partial charge >= 0.3 is 6.03 Å². The highest BCUT2D eigenvalue weighted by Crippen LogP contribution is 2.36. The molecule has 2 N–H and O–H groups in total. The van der Waals surface area contributed by atoms with E-state index in [1.807, 2.05) is 54.6 Å². The van der Waals surface area contributed by atoms with Gasteiger partial charge in [-0.2, -0.15) is 5.10 Å². The van der Waals surface area contributed by atoms with Gasteiger partial charge < -0.3 is 15.4 Å². The standard InChI is InChI=1S/C36H43N7O3/c1-23(2)20-43-34-30(15-9-16-38-34)31(26-11-7-12-27(19-26)46-18-10-17-42-22-37-21-39-42)33(35(43)44)41-36(45)40-32-28(24(3)4)13-8-14-29(32)25(5)6/h7-9,11-16,19,21-25H,10,17-18,20H2,1-6H3,(H2,40,41,45). The predicted octanol–water partition coefficient (Wildman–Crippen LogP) is 7.67. The molecule has 46 heavy (non-hydrogen) atoms. The van der Waals surface area contributed by atoms with Crippen molar-refractivity contribution in [2.75, 3.05) is 17.2 Å². The molecule has 0 bridgehead atoms. The summed E-state index contributed by atoms with van der Waals surface area (Å²) in [5.41, 5.74) is 4.62. The number of aromatic nitrogens is 5. The summed E-state index contributed by atoms with van der Waals surface area (Å²) in [4.78, 5) is 36.8. The van der Waals surface area contributed by atoms with Crippen LogP contribution in [0.1, 0.15) is 70.9 Å². The van der Waals surface area contributed by atoms with E-state index in [1.165, 1.54) is 6.33 Å². The maximum absolute atomic E-state index is 14.3. The molecule has 10 nitrogen and oxygen atoms in total. The van der Waals surface area contributed by atoms with Crippen LogP contribution >= 0.6 is 0 Å². The van der Waals surface area contributed by atoms with Gasteiger partial charge in [0, 0.05) is 42.3 Å². The van der Waals surface area contributed by atoms with E-state index in [2.05, 4.69) is 67.2 Å². The summed E-state index contributed by atoms with van der Waals surface area (Å²) in [6, 6.07) is 17.0. The van der Waals surface area contributed by atoms with E-state index in [4.69, 9.17) is 4.74 Å². The highest BCUT2D eigenvalue weighted by atomic mass is 16.5. The number of pyridine rings is 2. The van der Waals surface area contributed by atoms with Crippen LogP contribution in [0.15, 0.2) is 78.2 Å². The van der Waals surface area contributed by atoms with Crippen molar-refractivity contribution in [1.82, 2.24) is 24.3 Å². The molecule has 0 fully saturated rings. The smallest absolute Gasteiger partial charge is 0.323 e. The Labute approximate surface area is 269 Å². The van der Waals surface area contributed by atoms with Crippen molar-refractivity contribution in [3.63, 3.8) is 0 Å². The quantitative estimate of drug-likeness (QED) is 0.138. The van der Waals surface area contributed by atoms with E-state index >= 15 is 0 Å². The fourth-order valence-corrected chi connectivity index (χ4v) is 5.69. The van der Waals surface area contributed by atoms with Crippen molar-refractivity contribution in [3.05, 3.63) is 94.9 Å². The molecule has 0 radical (unpaired) electrons. The lowest BCUT2D eigenvalue weighted by molar-refractivity contribution is 0.262. The van der Waals surface area contributed by atoms with E-state index in [0.29, 0.717) is 36.7 Å². The number of ether oxygens (including phenoxy) is 1. The summed E-state index contributed by atoms with van der Waals surface area (Å²) in [5, 5.41) is 11.0. The Morgan fingerprint density at radius 1 is 0.913 bits per heavy atom. The molecule has 0 spiro atoms. The van der Waals surface area contributed by atoms with E-state index in [0.717, 1.165) is 34.2 Å². The van der Waals surface area contributed by atoms with Gasteiger partial charge in [-0.3, -0.25) is 14.0 Å². The molecular weight excluding hydrogens is 578 g/mol. The SMILES string of the molecule is CC(C)Cn1c(=O)c(NC(=O)Nc2c(C(C)C)cccc2C(C)C)c(-c2cccc(OCCCn3cncn3)c2)c2cccnc21. The molecule has 5 aromatic rings. The molecule has 2 amide bonds. The van der Waals surface area contributed by atoms with Crippen LogP contribution in [0, 0.1) is 5.92 Å². The summed E-state index contributed by atoms with van der Waals surface area (Å²) in [6.45, 7) is 14.1. The molecule has 5 rings (SSSR count). The number of nitrogens with one attached hydrogen (secondary N) is 2. The summed E-state index contributed by atoms with van der Waals surface area (Å²) < 4.78 is 9.52. The number of para-hydroxylation sites is 1. The van der Waals surface area contributed by atoms with Crippen LogP contribution in [0.3, 0.4) is 0 Å². The highest BCUT2D eigenvalue weighted by Gasteiger charge is 2.23. The number of urea groups is 1. The fourth-order valence-electron chi connectivity index (χ4n) is 5.69. The maximum atomic E-state index is 14.3. The lowest BCUT2D eigenvalue weighted by Gasteiger charge is -2.22. The molecule has 0 atom stereocenters. The number of carbonyl (C=O) groups excluding carboxylic acids is 1. The summed E-state index contributed by atoms with van der Waals surface area (Å²) in [5.74, 6) is 1.22. The van der Waals surface area contributed by atoms with Gasteiger partial charge in [0.05, 0.1) is 6.61 Å². The second-order valence-electron chi connectivity index (χ2n) is 12.5. The van der Waals surface area contributed by atoms with E-state index in [1.54, 1.807) is 21.8 Å². The van der Waals surface area contributed by atoms with Crippen LogP contribution in [0.2, 0.25) is 0 Å². The minimum absolute atomic E-state index is 0.177. The number of fused-ring (bicyclic) bond motifs is 1. The number of carbonyl (C=O) groups is 1. The van der Waals surface area contributed by atoms with Gasteiger partial charge in [-0.05, 0) is 58.7 Å². The number of nitrogens with zero attached hydrogens (tertiary/aromatic N) is 5. The molecular formula is C36H43N7O3. The lowest BCUT2D eigenvalue weighted by atomic mass is 9.93. The first-order valence-corrected chi connectivity index (χ1v) is 15.9. The minimum atomic E-state index is -0.479. The van der Waals surface area contributed by atoms with E-state index in [9.17, 15) is 9.59 Å². The van der Waals surface area contributed by atoms with Crippen molar-refractivity contribution < 1.29 is 9.53 Å². The van der Waals surface area contributed by atoms with Crippen molar-refractivity contribution in [3.8, 4) is 16.9 Å². The van der Waals surface area contributed by atoms with Gasteiger partial charge in [0.25, 0.3) is 5.56 Å². The Morgan fingerprint density at radius 3 is 2.30 bits per heavy atom. The Morgan fingerprint density at radius 2 is 1.63 bits per heavy atom. The zero-order valence-corrected chi connectivity index (χ0v) is 27.4. The first kappa shape index (κ1) is 32.4. The third-order valence-corrected chi connectivity index (χ3v) is 7.81. The number of amides is 2. The van der Waals surface area contributed by atoms with Crippen LogP contribution in [-0.2, 0) is 13.1 Å². The predicted molar refractivity (Wildman–Crippen MR) is 184 cm³/mol. The zero-order chi connectivity index (χ0) is 32.8. The maximum Gasteiger partial charge on any atom is 0.323 e. The van der Waals surface area contributed by atoms with E-state index < -0.39 is 6.03 Å². The molecule has 0 aliphatic heterocycles. The third kappa shape index (κ3) is 7.28. The lowest BCUT2D eigenvalue weighted by Crippen LogP contribution is -2.31. The van der Waals surface area contributed by atoms with Crippen LogP contribution in [0.4, 0.5) is 16.2 Å². The van der Waals surface area contributed by atoms with Crippen molar-refractivity contribution >= 4 is 28.4 Å². The van der Waals surface area contributed by atoms with Gasteiger partial charge in [0.1, 0.15) is 29.7 Å². The molecule has 3 heterocycles. The highest BCUT2D eigenvalue weighted by molar-refractivity contribution is 6.07. The Balaban J connectivity index is 1.56. The van der Waals surface area contributed by atoms with Crippen LogP contribution in [-0.4, -0.2) is 37.0 Å². The second kappa shape index (κ2) is 14.4. The number of hydrogen-bond acceptors (Lipinski definition) is 6. The number of hydrogen-bond donors (Lipinski definition) is 2. The number of benzene rings is 2. The molecule has 0 aliphatic carbocycles. The number of aryl methyl sites for hydroxylation is 1. The van der Waals surface area contributed by atoms with Gasteiger partial charge in [-0.15, -0.1) is 0 Å². The summed E-state index contributed by atoms with van der Waals surface area (Å²) in [7, 11) is 0. The zero-order valence-electron chi connectivity index (χ0n) is 27.4. The van der Waals surface area contributed by atoms with Crippen LogP contribution in [0.5, 0.6) is 5.75 Å². The van der Waals surface area contributed by atoms with Gasteiger partial charge in [-0.25, -0.2) is 14.8 Å². The molecule has 0 saturated carbocycles. The molecule has 0 unspecified atom stereocenters. The first-order chi connectivity index (χ1) is 22.1. The largest absolute Gasteiger partial charge is 0.494 e. The van der Waals surface area contributed by atoms with Crippen molar-refractivity contribution in [1.29, 1.82) is 0 Å². The van der Waals surface area contributed by atoms with Crippen molar-refractivity contribution in [2.45, 2.75) is 72.9 Å². The van der Waals surface area contributed by atoms with Gasteiger partial charge in [0.15, 0.2) is 0 Å². The molecule has 240 valence electrons. The van der Waals surface area contributed by atoms with Gasteiger partial charge in [0.2, 0.25) is 0 Å². The minimum Gasteiger partial charge on any atom is -0.494 e. The average Bonchev–Trinajstić information content (AvgIpc) is 3.55. The molecule has 2 aromatic carbocycles. The third-order valence-electron chi connectivity index (χ3n) is 7.81. The van der Waals surface area contributed by atoms with Crippen molar-refractivity contribution in [2.24, 2.45) is 5.92 Å². The second-order valence-corrected chi connectivity index (χ2v) is 12.5. The topological polar surface area (TPSA) is 116 Å². The van der Waals surface area contributed by atoms with Crippen LogP contribution < -0.4 is 20.9 Å².